The van der Waals surface area contributed by atoms with E-state index in [1.165, 1.54) is 30.2 Å². The summed E-state index contributed by atoms with van der Waals surface area (Å²) in [4.78, 5) is 6.99. The highest BCUT2D eigenvalue weighted by Crippen LogP contribution is 2.52. The smallest absolute Gasteiger partial charge is 0.0702 e. The molecule has 0 aliphatic heterocycles. The second-order valence-electron chi connectivity index (χ2n) is 6.80. The van der Waals surface area contributed by atoms with Crippen LogP contribution in [0.25, 0.3) is 16.5 Å². The third-order valence-electron chi connectivity index (χ3n) is 5.07. The van der Waals surface area contributed by atoms with Crippen molar-refractivity contribution in [2.75, 3.05) is 20.6 Å². The monoisotopic (exact) mass is 350 g/mol. The number of likely N-dealkylation sites (N-methyl/N-ethyl adjacent to an activating group) is 1. The van der Waals surface area contributed by atoms with Gasteiger partial charge >= 0.3 is 0 Å². The molecule has 2 aromatic rings. The maximum atomic E-state index is 4.68. The van der Waals surface area contributed by atoms with Gasteiger partial charge in [-0.15, -0.1) is 24.8 Å². The number of para-hydroxylation sites is 1. The maximum Gasteiger partial charge on any atom is 0.0702 e. The van der Waals surface area contributed by atoms with Gasteiger partial charge in [0.05, 0.1) is 5.52 Å². The van der Waals surface area contributed by atoms with Crippen LogP contribution in [0.1, 0.15) is 24.8 Å². The van der Waals surface area contributed by atoms with E-state index in [1.54, 1.807) is 11.1 Å². The number of rotatable bonds is 3. The fourth-order valence-corrected chi connectivity index (χ4v) is 4.24. The first-order valence-electron chi connectivity index (χ1n) is 7.95. The number of allylic oxidation sites excluding steroid dienone is 1. The number of pyridine rings is 1. The van der Waals surface area contributed by atoms with Crippen molar-refractivity contribution in [1.29, 1.82) is 0 Å². The summed E-state index contributed by atoms with van der Waals surface area (Å²) in [6.45, 7) is 1.10. The van der Waals surface area contributed by atoms with Crippen molar-refractivity contribution in [3.05, 3.63) is 47.7 Å². The molecule has 1 heterocycles. The van der Waals surface area contributed by atoms with Crippen LogP contribution in [0.3, 0.4) is 0 Å². The second-order valence-corrected chi connectivity index (χ2v) is 6.80. The molecule has 2 atom stereocenters. The molecule has 1 aromatic heterocycles. The normalized spacial score (nSPS) is 22.4. The van der Waals surface area contributed by atoms with Crippen molar-refractivity contribution in [2.24, 2.45) is 11.8 Å². The average Bonchev–Trinajstić information content (AvgIpc) is 3.07. The standard InChI is InChI=1S/C19H22N2.2ClH/c1-21(2)12-17-13-7-8-15(9-13)19(17)16-10-14-5-3-4-6-18(14)20-11-16;;/h3-6,10-11,13,15H,7-9,12H2,1-2H3;2*1H. The van der Waals surface area contributed by atoms with Crippen LogP contribution in [-0.4, -0.2) is 30.5 Å². The molecule has 1 aromatic carbocycles. The Morgan fingerprint density at radius 2 is 1.83 bits per heavy atom. The molecular weight excluding hydrogens is 327 g/mol. The zero-order valence-corrected chi connectivity index (χ0v) is 15.3. The van der Waals surface area contributed by atoms with Gasteiger partial charge in [-0.2, -0.15) is 0 Å². The van der Waals surface area contributed by atoms with E-state index in [4.69, 9.17) is 0 Å². The summed E-state index contributed by atoms with van der Waals surface area (Å²) < 4.78 is 0. The van der Waals surface area contributed by atoms with Crippen molar-refractivity contribution in [3.8, 4) is 0 Å². The molecule has 2 aliphatic rings. The summed E-state index contributed by atoms with van der Waals surface area (Å²) in [7, 11) is 4.35. The first-order chi connectivity index (χ1) is 10.2. The molecule has 2 bridgehead atoms. The summed E-state index contributed by atoms with van der Waals surface area (Å²) >= 11 is 0. The quantitative estimate of drug-likeness (QED) is 0.788. The maximum absolute atomic E-state index is 4.68. The van der Waals surface area contributed by atoms with E-state index in [2.05, 4.69) is 60.5 Å². The number of aromatic nitrogens is 1. The SMILES string of the molecule is CN(C)CC1=C(c2cnc3ccccc3c2)C2CCC1C2.Cl.Cl. The third-order valence-corrected chi connectivity index (χ3v) is 5.07. The average molecular weight is 351 g/mol. The molecule has 2 unspecified atom stereocenters. The minimum atomic E-state index is 0. The molecule has 124 valence electrons. The van der Waals surface area contributed by atoms with Gasteiger partial charge in [-0.1, -0.05) is 18.2 Å². The van der Waals surface area contributed by atoms with Crippen molar-refractivity contribution in [1.82, 2.24) is 9.88 Å². The molecule has 1 fully saturated rings. The Morgan fingerprint density at radius 3 is 2.61 bits per heavy atom. The highest BCUT2D eigenvalue weighted by atomic mass is 35.5. The summed E-state index contributed by atoms with van der Waals surface area (Å²) in [6, 6.07) is 10.8. The molecule has 4 rings (SSSR count). The fraction of sp³-hybridized carbons (Fsp3) is 0.421. The van der Waals surface area contributed by atoms with Gasteiger partial charge in [-0.05, 0) is 74.0 Å². The van der Waals surface area contributed by atoms with Gasteiger partial charge in [0.2, 0.25) is 0 Å². The zero-order chi connectivity index (χ0) is 14.4. The summed E-state index contributed by atoms with van der Waals surface area (Å²) in [5, 5.41) is 1.26. The van der Waals surface area contributed by atoms with Crippen LogP contribution in [0.4, 0.5) is 0 Å². The third kappa shape index (κ3) is 3.26. The zero-order valence-electron chi connectivity index (χ0n) is 13.7. The molecule has 0 amide bonds. The highest BCUT2D eigenvalue weighted by Gasteiger charge is 2.39. The van der Waals surface area contributed by atoms with E-state index in [0.29, 0.717) is 0 Å². The van der Waals surface area contributed by atoms with E-state index in [9.17, 15) is 0 Å². The Morgan fingerprint density at radius 1 is 1.09 bits per heavy atom. The predicted octanol–water partition coefficient (Wildman–Crippen LogP) is 4.82. The molecule has 4 heteroatoms. The Hall–Kier alpha value is -1.09. The predicted molar refractivity (Wildman–Crippen MR) is 103 cm³/mol. The molecule has 2 aliphatic carbocycles. The van der Waals surface area contributed by atoms with Crippen LogP contribution in [-0.2, 0) is 0 Å². The number of hydrogen-bond acceptors (Lipinski definition) is 2. The Balaban J connectivity index is 0.000000960. The van der Waals surface area contributed by atoms with E-state index in [0.717, 1.165) is 23.9 Å². The van der Waals surface area contributed by atoms with Gasteiger partial charge in [0, 0.05) is 18.1 Å². The molecule has 0 spiro atoms. The number of nitrogens with zero attached hydrogens (tertiary/aromatic N) is 2. The lowest BCUT2D eigenvalue weighted by atomic mass is 9.87. The number of fused-ring (bicyclic) bond motifs is 3. The molecule has 23 heavy (non-hydrogen) atoms. The lowest BCUT2D eigenvalue weighted by Crippen LogP contribution is -2.19. The Labute approximate surface area is 150 Å². The Bertz CT molecular complexity index is 724. The van der Waals surface area contributed by atoms with Gasteiger partial charge in [0.25, 0.3) is 0 Å². The number of hydrogen-bond donors (Lipinski definition) is 0. The number of halogens is 2. The molecule has 1 saturated carbocycles. The van der Waals surface area contributed by atoms with Crippen LogP contribution in [0.5, 0.6) is 0 Å². The van der Waals surface area contributed by atoms with E-state index >= 15 is 0 Å². The van der Waals surface area contributed by atoms with Crippen LogP contribution in [0.15, 0.2) is 42.1 Å². The molecule has 0 saturated heterocycles. The van der Waals surface area contributed by atoms with Crippen molar-refractivity contribution >= 4 is 41.3 Å². The minimum Gasteiger partial charge on any atom is -0.305 e. The second kappa shape index (κ2) is 7.21. The van der Waals surface area contributed by atoms with Crippen LogP contribution in [0, 0.1) is 11.8 Å². The molecule has 0 N–H and O–H groups in total. The summed E-state index contributed by atoms with van der Waals surface area (Å²) in [5.41, 5.74) is 5.74. The first kappa shape index (κ1) is 18.3. The molecular formula is C19H24Cl2N2. The largest absolute Gasteiger partial charge is 0.305 e. The van der Waals surface area contributed by atoms with E-state index in [-0.39, 0.29) is 24.8 Å². The van der Waals surface area contributed by atoms with Crippen molar-refractivity contribution in [3.63, 3.8) is 0 Å². The number of benzene rings is 1. The van der Waals surface area contributed by atoms with Gasteiger partial charge in [0.1, 0.15) is 0 Å². The van der Waals surface area contributed by atoms with Crippen LogP contribution < -0.4 is 0 Å². The fourth-order valence-electron chi connectivity index (χ4n) is 4.24. The van der Waals surface area contributed by atoms with Crippen LogP contribution in [0.2, 0.25) is 0 Å². The first-order valence-corrected chi connectivity index (χ1v) is 7.95. The highest BCUT2D eigenvalue weighted by molar-refractivity contribution is 5.86. The lowest BCUT2D eigenvalue weighted by Gasteiger charge is -2.23. The van der Waals surface area contributed by atoms with Gasteiger partial charge < -0.3 is 4.90 Å². The topological polar surface area (TPSA) is 16.1 Å². The Kier molecular flexibility index (Phi) is 5.72. The van der Waals surface area contributed by atoms with Crippen LogP contribution >= 0.6 is 24.8 Å². The van der Waals surface area contributed by atoms with E-state index < -0.39 is 0 Å². The van der Waals surface area contributed by atoms with Gasteiger partial charge in [-0.25, -0.2) is 0 Å². The van der Waals surface area contributed by atoms with Gasteiger partial charge in [-0.3, -0.25) is 4.98 Å². The molecule has 0 radical (unpaired) electrons. The summed E-state index contributed by atoms with van der Waals surface area (Å²) in [5.74, 6) is 1.59. The van der Waals surface area contributed by atoms with Crippen molar-refractivity contribution in [2.45, 2.75) is 19.3 Å². The van der Waals surface area contributed by atoms with Gasteiger partial charge in [0.15, 0.2) is 0 Å². The summed E-state index contributed by atoms with van der Waals surface area (Å²) in [6.07, 6.45) is 6.21. The minimum absolute atomic E-state index is 0. The van der Waals surface area contributed by atoms with Crippen molar-refractivity contribution < 1.29 is 0 Å². The molecule has 2 nitrogen and oxygen atoms in total. The lowest BCUT2D eigenvalue weighted by molar-refractivity contribution is 0.423. The van der Waals surface area contributed by atoms with E-state index in [1.807, 2.05) is 0 Å².